The molecule has 4 nitrogen and oxygen atoms in total. The van der Waals surface area contributed by atoms with Gasteiger partial charge in [-0.05, 0) is 35.4 Å². The van der Waals surface area contributed by atoms with Crippen LogP contribution in [0.1, 0.15) is 11.1 Å². The van der Waals surface area contributed by atoms with E-state index in [2.05, 4.69) is 4.74 Å². The van der Waals surface area contributed by atoms with Gasteiger partial charge in [-0.3, -0.25) is 0 Å². The Balaban J connectivity index is 1.87. The van der Waals surface area contributed by atoms with E-state index in [0.29, 0.717) is 5.56 Å². The van der Waals surface area contributed by atoms with Crippen LogP contribution in [0.2, 0.25) is 0 Å². The molecule has 2 rings (SSSR count). The second kappa shape index (κ2) is 7.59. The molecule has 0 unspecified atom stereocenters. The zero-order valence-electron chi connectivity index (χ0n) is 11.7. The fourth-order valence-corrected chi connectivity index (χ4v) is 1.65. The minimum absolute atomic E-state index is 0.140. The van der Waals surface area contributed by atoms with Crippen molar-refractivity contribution in [2.24, 2.45) is 0 Å². The molecule has 0 aromatic heterocycles. The topological polar surface area (TPSA) is 63.6 Å². The van der Waals surface area contributed by atoms with Gasteiger partial charge in [-0.2, -0.15) is 0 Å². The number of carbonyl (C=O) groups is 2. The third-order valence-electron chi connectivity index (χ3n) is 2.72. The number of ether oxygens (including phenoxy) is 1. The average Bonchev–Trinajstić information content (AvgIpc) is 2.53. The molecule has 0 aliphatic rings. The van der Waals surface area contributed by atoms with E-state index in [-0.39, 0.29) is 5.75 Å². The van der Waals surface area contributed by atoms with Crippen molar-refractivity contribution in [1.29, 1.82) is 0 Å². The molecule has 0 aliphatic heterocycles. The lowest BCUT2D eigenvalue weighted by molar-refractivity contribution is -0.152. The summed E-state index contributed by atoms with van der Waals surface area (Å²) in [4.78, 5) is 23.0. The summed E-state index contributed by atoms with van der Waals surface area (Å²) in [7, 11) is 0. The number of hydrogen-bond acceptors (Lipinski definition) is 4. The van der Waals surface area contributed by atoms with Crippen molar-refractivity contribution in [1.82, 2.24) is 0 Å². The Morgan fingerprint density at radius 2 is 1.27 bits per heavy atom. The average molecular weight is 294 g/mol. The zero-order chi connectivity index (χ0) is 15.8. The van der Waals surface area contributed by atoms with Crippen LogP contribution in [0.15, 0.2) is 66.7 Å². The molecule has 0 saturated carbocycles. The van der Waals surface area contributed by atoms with Crippen molar-refractivity contribution in [3.63, 3.8) is 0 Å². The highest BCUT2D eigenvalue weighted by Gasteiger charge is 2.03. The Morgan fingerprint density at radius 1 is 0.773 bits per heavy atom. The molecule has 0 amide bonds. The largest absolute Gasteiger partial charge is 0.508 e. The van der Waals surface area contributed by atoms with Crippen molar-refractivity contribution in [3.8, 4) is 5.75 Å². The summed E-state index contributed by atoms with van der Waals surface area (Å²) in [5, 5.41) is 9.14. The fraction of sp³-hybridized carbons (Fsp3) is 0. The van der Waals surface area contributed by atoms with Crippen molar-refractivity contribution >= 4 is 24.1 Å². The first-order valence-corrected chi connectivity index (χ1v) is 6.59. The van der Waals surface area contributed by atoms with Crippen molar-refractivity contribution < 1.29 is 19.4 Å². The molecule has 2 aromatic rings. The van der Waals surface area contributed by atoms with Crippen LogP contribution in [0.5, 0.6) is 5.75 Å². The first-order chi connectivity index (χ1) is 10.6. The molecule has 0 bridgehead atoms. The van der Waals surface area contributed by atoms with E-state index in [1.54, 1.807) is 18.2 Å². The minimum Gasteiger partial charge on any atom is -0.508 e. The molecule has 0 heterocycles. The van der Waals surface area contributed by atoms with E-state index in [1.807, 2.05) is 30.3 Å². The molecule has 1 N–H and O–H groups in total. The summed E-state index contributed by atoms with van der Waals surface area (Å²) >= 11 is 0. The number of esters is 2. The Hall–Kier alpha value is -3.14. The second-order valence-electron chi connectivity index (χ2n) is 4.41. The van der Waals surface area contributed by atoms with Crippen LogP contribution in [-0.4, -0.2) is 17.0 Å². The van der Waals surface area contributed by atoms with Crippen molar-refractivity contribution in [3.05, 3.63) is 77.9 Å². The van der Waals surface area contributed by atoms with E-state index in [1.165, 1.54) is 24.3 Å². The maximum Gasteiger partial charge on any atom is 0.338 e. The molecule has 0 atom stereocenters. The lowest BCUT2D eigenvalue weighted by atomic mass is 10.2. The van der Waals surface area contributed by atoms with Crippen LogP contribution in [-0.2, 0) is 14.3 Å². The van der Waals surface area contributed by atoms with Gasteiger partial charge in [0, 0.05) is 12.2 Å². The highest BCUT2D eigenvalue weighted by Crippen LogP contribution is 2.10. The molecule has 110 valence electrons. The first kappa shape index (κ1) is 15.3. The zero-order valence-corrected chi connectivity index (χ0v) is 11.7. The van der Waals surface area contributed by atoms with Crippen LogP contribution < -0.4 is 0 Å². The molecule has 0 spiro atoms. The molecular formula is C18H14O4. The number of carbonyl (C=O) groups excluding carboxylic acids is 2. The van der Waals surface area contributed by atoms with Gasteiger partial charge in [0.25, 0.3) is 0 Å². The molecule has 4 heteroatoms. The third kappa shape index (κ3) is 5.09. The van der Waals surface area contributed by atoms with Crippen LogP contribution in [0.3, 0.4) is 0 Å². The van der Waals surface area contributed by atoms with E-state index in [0.717, 1.165) is 11.6 Å². The van der Waals surface area contributed by atoms with Gasteiger partial charge in [0.1, 0.15) is 5.75 Å². The molecule has 0 radical (unpaired) electrons. The Kier molecular flexibility index (Phi) is 5.26. The number of aromatic hydroxyl groups is 1. The molecule has 2 aromatic carbocycles. The SMILES string of the molecule is O=C(/C=C/c1ccccc1)OC(=O)/C=C/c1ccc(O)cc1. The summed E-state index contributed by atoms with van der Waals surface area (Å²) in [5.41, 5.74) is 1.55. The summed E-state index contributed by atoms with van der Waals surface area (Å²) < 4.78 is 4.62. The third-order valence-corrected chi connectivity index (χ3v) is 2.72. The molecule has 22 heavy (non-hydrogen) atoms. The number of phenolic OH excluding ortho intramolecular Hbond substituents is 1. The summed E-state index contributed by atoms with van der Waals surface area (Å²) in [6.45, 7) is 0. The normalized spacial score (nSPS) is 10.9. The number of rotatable bonds is 4. The molecule has 0 fully saturated rings. The van der Waals surface area contributed by atoms with Gasteiger partial charge in [0.2, 0.25) is 0 Å². The van der Waals surface area contributed by atoms with Crippen LogP contribution >= 0.6 is 0 Å². The summed E-state index contributed by atoms with van der Waals surface area (Å²) in [6.07, 6.45) is 5.41. The fourth-order valence-electron chi connectivity index (χ4n) is 1.65. The Morgan fingerprint density at radius 3 is 1.82 bits per heavy atom. The maximum atomic E-state index is 11.5. The summed E-state index contributed by atoms with van der Waals surface area (Å²) in [5.74, 6) is -1.35. The van der Waals surface area contributed by atoms with Crippen molar-refractivity contribution in [2.45, 2.75) is 0 Å². The standard InChI is InChI=1S/C18H14O4/c19-16-10-6-15(7-11-16)9-13-18(21)22-17(20)12-8-14-4-2-1-3-5-14/h1-13,19H/b12-8+,13-9+. The van der Waals surface area contributed by atoms with E-state index >= 15 is 0 Å². The van der Waals surface area contributed by atoms with Gasteiger partial charge in [0.05, 0.1) is 0 Å². The number of hydrogen-bond donors (Lipinski definition) is 1. The Bertz CT molecular complexity index is 698. The number of phenols is 1. The summed E-state index contributed by atoms with van der Waals surface area (Å²) in [6, 6.07) is 15.5. The lowest BCUT2D eigenvalue weighted by Crippen LogP contribution is -2.06. The van der Waals surface area contributed by atoms with Crippen LogP contribution in [0.4, 0.5) is 0 Å². The smallest absolute Gasteiger partial charge is 0.338 e. The molecule has 0 saturated heterocycles. The Labute approximate surface area is 128 Å². The van der Waals surface area contributed by atoms with E-state index < -0.39 is 11.9 Å². The van der Waals surface area contributed by atoms with Gasteiger partial charge < -0.3 is 9.84 Å². The van der Waals surface area contributed by atoms with Crippen LogP contribution in [0.25, 0.3) is 12.2 Å². The van der Waals surface area contributed by atoms with E-state index in [9.17, 15) is 9.59 Å². The minimum atomic E-state index is -0.754. The van der Waals surface area contributed by atoms with Gasteiger partial charge in [-0.25, -0.2) is 9.59 Å². The predicted octanol–water partition coefficient (Wildman–Crippen LogP) is 3.19. The predicted molar refractivity (Wildman–Crippen MR) is 83.7 cm³/mol. The number of benzene rings is 2. The maximum absolute atomic E-state index is 11.5. The van der Waals surface area contributed by atoms with Crippen LogP contribution in [0, 0.1) is 0 Å². The van der Waals surface area contributed by atoms with Crippen molar-refractivity contribution in [2.75, 3.05) is 0 Å². The van der Waals surface area contributed by atoms with E-state index in [4.69, 9.17) is 5.11 Å². The monoisotopic (exact) mass is 294 g/mol. The molecule has 0 aliphatic carbocycles. The molecular weight excluding hydrogens is 280 g/mol. The highest BCUT2D eigenvalue weighted by atomic mass is 16.6. The quantitative estimate of drug-likeness (QED) is 0.534. The second-order valence-corrected chi connectivity index (χ2v) is 4.41. The van der Waals surface area contributed by atoms with Gasteiger partial charge in [-0.15, -0.1) is 0 Å². The van der Waals surface area contributed by atoms with Gasteiger partial charge in [-0.1, -0.05) is 42.5 Å². The van der Waals surface area contributed by atoms with Gasteiger partial charge >= 0.3 is 11.9 Å². The highest BCUT2D eigenvalue weighted by molar-refractivity contribution is 5.99. The lowest BCUT2D eigenvalue weighted by Gasteiger charge is -1.96. The first-order valence-electron chi connectivity index (χ1n) is 6.59. The van der Waals surface area contributed by atoms with Gasteiger partial charge in [0.15, 0.2) is 0 Å².